The molecule has 2 rings (SSSR count). The van der Waals surface area contributed by atoms with Crippen LogP contribution in [0.5, 0.6) is 11.5 Å². The van der Waals surface area contributed by atoms with Crippen LogP contribution in [0.4, 0.5) is 0 Å². The Labute approximate surface area is 113 Å². The van der Waals surface area contributed by atoms with Crippen molar-refractivity contribution < 1.29 is 14.9 Å². The van der Waals surface area contributed by atoms with E-state index < -0.39 is 0 Å². The first-order chi connectivity index (χ1) is 9.09. The molecule has 0 amide bonds. The Hall–Kier alpha value is -2.00. The minimum atomic E-state index is 0.274. The summed E-state index contributed by atoms with van der Waals surface area (Å²) in [4.78, 5) is 0. The normalized spacial score (nSPS) is 10.6. The lowest BCUT2D eigenvalue weighted by atomic mass is 10.1. The van der Waals surface area contributed by atoms with E-state index in [9.17, 15) is 10.2 Å². The molecule has 2 N–H and O–H groups in total. The second-order valence-corrected chi connectivity index (χ2v) is 4.66. The van der Waals surface area contributed by atoms with Crippen LogP contribution < -0.4 is 0 Å². The van der Waals surface area contributed by atoms with Gasteiger partial charge in [-0.25, -0.2) is 0 Å². The lowest BCUT2D eigenvalue weighted by Crippen LogP contribution is -1.96. The first-order valence-corrected chi connectivity index (χ1v) is 6.22. The van der Waals surface area contributed by atoms with E-state index in [1.54, 1.807) is 0 Å². The van der Waals surface area contributed by atoms with Gasteiger partial charge in [0.1, 0.15) is 11.5 Å². The molecule has 0 aliphatic rings. The molecule has 0 heterocycles. The van der Waals surface area contributed by atoms with Gasteiger partial charge in [-0.1, -0.05) is 36.4 Å². The molecule has 19 heavy (non-hydrogen) atoms. The second kappa shape index (κ2) is 5.76. The average Bonchev–Trinajstić information content (AvgIpc) is 2.39. The highest BCUT2D eigenvalue weighted by molar-refractivity contribution is 5.40. The van der Waals surface area contributed by atoms with Crippen molar-refractivity contribution in [2.75, 3.05) is 0 Å². The van der Waals surface area contributed by atoms with Gasteiger partial charge in [-0.15, -0.1) is 0 Å². The lowest BCUT2D eigenvalue weighted by molar-refractivity contribution is 0.104. The van der Waals surface area contributed by atoms with Gasteiger partial charge in [0.15, 0.2) is 0 Å². The zero-order valence-electron chi connectivity index (χ0n) is 11.2. The summed E-state index contributed by atoms with van der Waals surface area (Å²) in [6.45, 7) is 4.35. The number of aryl methyl sites for hydroxylation is 2. The first kappa shape index (κ1) is 13.4. The predicted octanol–water partition coefficient (Wildman–Crippen LogP) is 3.43. The molecule has 3 nitrogen and oxygen atoms in total. The Balaban J connectivity index is 2.00. The van der Waals surface area contributed by atoms with E-state index in [1.165, 1.54) is 0 Å². The Morgan fingerprint density at radius 3 is 1.63 bits per heavy atom. The third-order valence-corrected chi connectivity index (χ3v) is 3.16. The van der Waals surface area contributed by atoms with Crippen LogP contribution in [0.15, 0.2) is 36.4 Å². The molecule has 100 valence electrons. The van der Waals surface area contributed by atoms with Crippen LogP contribution in [-0.2, 0) is 18.0 Å². The van der Waals surface area contributed by atoms with Crippen molar-refractivity contribution in [2.24, 2.45) is 0 Å². The third-order valence-electron chi connectivity index (χ3n) is 3.16. The lowest BCUT2D eigenvalue weighted by Gasteiger charge is -2.10. The molecule has 0 fully saturated rings. The number of hydrogen-bond donors (Lipinski definition) is 2. The van der Waals surface area contributed by atoms with Crippen LogP contribution >= 0.6 is 0 Å². The van der Waals surface area contributed by atoms with Gasteiger partial charge in [0, 0.05) is 11.1 Å². The van der Waals surface area contributed by atoms with E-state index >= 15 is 0 Å². The molecule has 0 unspecified atom stereocenters. The van der Waals surface area contributed by atoms with Crippen LogP contribution in [0.2, 0.25) is 0 Å². The van der Waals surface area contributed by atoms with Crippen LogP contribution in [0.25, 0.3) is 0 Å². The molecule has 0 aliphatic heterocycles. The van der Waals surface area contributed by atoms with Crippen molar-refractivity contribution in [3.05, 3.63) is 58.7 Å². The summed E-state index contributed by atoms with van der Waals surface area (Å²) in [5.41, 5.74) is 3.18. The Morgan fingerprint density at radius 1 is 0.789 bits per heavy atom. The minimum absolute atomic E-state index is 0.274. The summed E-state index contributed by atoms with van der Waals surface area (Å²) < 4.78 is 5.56. The monoisotopic (exact) mass is 258 g/mol. The highest BCUT2D eigenvalue weighted by Crippen LogP contribution is 2.25. The Bertz CT molecular complexity index is 525. The van der Waals surface area contributed by atoms with Gasteiger partial charge in [-0.3, -0.25) is 0 Å². The average molecular weight is 258 g/mol. The molecular formula is C16H18O3. The summed E-state index contributed by atoms with van der Waals surface area (Å²) in [6.07, 6.45) is 0. The van der Waals surface area contributed by atoms with E-state index in [1.807, 2.05) is 50.2 Å². The third kappa shape index (κ3) is 3.06. The molecule has 3 heteroatoms. The molecule has 0 aliphatic carbocycles. The van der Waals surface area contributed by atoms with E-state index in [4.69, 9.17) is 4.74 Å². The van der Waals surface area contributed by atoms with Crippen molar-refractivity contribution in [1.82, 2.24) is 0 Å². The van der Waals surface area contributed by atoms with Gasteiger partial charge in [-0.2, -0.15) is 0 Å². The van der Waals surface area contributed by atoms with Crippen molar-refractivity contribution in [3.8, 4) is 11.5 Å². The standard InChI is InChI=1S/C16H18O3/c1-11-5-3-7-13(15(11)17)9-19-10-14-8-4-6-12(2)16(14)18/h3-8,17-18H,9-10H2,1-2H3. The maximum absolute atomic E-state index is 9.86. The number of aromatic hydroxyl groups is 2. The van der Waals surface area contributed by atoms with Crippen molar-refractivity contribution in [1.29, 1.82) is 0 Å². The molecule has 2 aromatic rings. The molecule has 0 spiro atoms. The Kier molecular flexibility index (Phi) is 4.07. The SMILES string of the molecule is Cc1cccc(COCc2cccc(C)c2O)c1O. The highest BCUT2D eigenvalue weighted by atomic mass is 16.5. The summed E-state index contributed by atoms with van der Waals surface area (Å²) in [7, 11) is 0. The summed E-state index contributed by atoms with van der Waals surface area (Å²) in [5.74, 6) is 0.548. The zero-order valence-corrected chi connectivity index (χ0v) is 11.2. The number of phenols is 2. The number of phenolic OH excluding ortho intramolecular Hbond substituents is 2. The molecule has 0 atom stereocenters. The van der Waals surface area contributed by atoms with E-state index in [-0.39, 0.29) is 11.5 Å². The molecule has 0 aromatic heterocycles. The fraction of sp³-hybridized carbons (Fsp3) is 0.250. The topological polar surface area (TPSA) is 49.7 Å². The summed E-state index contributed by atoms with van der Waals surface area (Å²) >= 11 is 0. The number of benzene rings is 2. The fourth-order valence-electron chi connectivity index (χ4n) is 1.94. The van der Waals surface area contributed by atoms with Crippen LogP contribution in [0, 0.1) is 13.8 Å². The van der Waals surface area contributed by atoms with E-state index in [0.29, 0.717) is 13.2 Å². The fourth-order valence-corrected chi connectivity index (χ4v) is 1.94. The minimum Gasteiger partial charge on any atom is -0.507 e. The van der Waals surface area contributed by atoms with E-state index in [0.717, 1.165) is 22.3 Å². The molecule has 2 aromatic carbocycles. The number of hydrogen-bond acceptors (Lipinski definition) is 3. The summed E-state index contributed by atoms with van der Waals surface area (Å²) in [6, 6.07) is 11.1. The van der Waals surface area contributed by atoms with Gasteiger partial charge >= 0.3 is 0 Å². The zero-order chi connectivity index (χ0) is 13.8. The molecule has 0 bridgehead atoms. The second-order valence-electron chi connectivity index (χ2n) is 4.66. The largest absolute Gasteiger partial charge is 0.507 e. The Morgan fingerprint density at radius 2 is 1.21 bits per heavy atom. The van der Waals surface area contributed by atoms with Crippen molar-refractivity contribution in [3.63, 3.8) is 0 Å². The van der Waals surface area contributed by atoms with Crippen LogP contribution in [-0.4, -0.2) is 10.2 Å². The highest BCUT2D eigenvalue weighted by Gasteiger charge is 2.06. The van der Waals surface area contributed by atoms with Crippen LogP contribution in [0.3, 0.4) is 0 Å². The number of rotatable bonds is 4. The maximum Gasteiger partial charge on any atom is 0.123 e. The van der Waals surface area contributed by atoms with Gasteiger partial charge in [0.05, 0.1) is 13.2 Å². The van der Waals surface area contributed by atoms with Gasteiger partial charge < -0.3 is 14.9 Å². The quantitative estimate of drug-likeness (QED) is 0.883. The van der Waals surface area contributed by atoms with Crippen molar-refractivity contribution in [2.45, 2.75) is 27.1 Å². The smallest absolute Gasteiger partial charge is 0.123 e. The number of para-hydroxylation sites is 2. The van der Waals surface area contributed by atoms with Gasteiger partial charge in [0.2, 0.25) is 0 Å². The molecule has 0 saturated heterocycles. The maximum atomic E-state index is 9.86. The van der Waals surface area contributed by atoms with Crippen LogP contribution in [0.1, 0.15) is 22.3 Å². The molecule has 0 saturated carbocycles. The van der Waals surface area contributed by atoms with Gasteiger partial charge in [0.25, 0.3) is 0 Å². The van der Waals surface area contributed by atoms with E-state index in [2.05, 4.69) is 0 Å². The first-order valence-electron chi connectivity index (χ1n) is 6.22. The van der Waals surface area contributed by atoms with Crippen molar-refractivity contribution >= 4 is 0 Å². The summed E-state index contributed by atoms with van der Waals surface area (Å²) in [5, 5.41) is 19.7. The van der Waals surface area contributed by atoms with Gasteiger partial charge in [-0.05, 0) is 25.0 Å². The molecule has 0 radical (unpaired) electrons. The number of ether oxygens (including phenoxy) is 1. The molecular weight excluding hydrogens is 240 g/mol. The predicted molar refractivity (Wildman–Crippen MR) is 74.2 cm³/mol.